The number of methoxy groups -OCH3 is 2. The van der Waals surface area contributed by atoms with Crippen molar-refractivity contribution in [3.63, 3.8) is 0 Å². The number of halogens is 1. The van der Waals surface area contributed by atoms with Crippen molar-refractivity contribution in [2.45, 2.75) is 26.8 Å². The Kier molecular flexibility index (Phi) is 5.76. The van der Waals surface area contributed by atoms with Crippen LogP contribution in [-0.4, -0.2) is 26.9 Å². The molecule has 3 nitrogen and oxygen atoms in total. The Morgan fingerprint density at radius 2 is 1.94 bits per heavy atom. The molecule has 0 saturated heterocycles. The number of hydrogen-bond donors (Lipinski definition) is 1. The lowest BCUT2D eigenvalue weighted by molar-refractivity contribution is 0.171. The van der Waals surface area contributed by atoms with Crippen molar-refractivity contribution in [3.8, 4) is 5.75 Å². The van der Waals surface area contributed by atoms with Crippen LogP contribution in [0.5, 0.6) is 5.75 Å². The zero-order valence-electron chi connectivity index (χ0n) is 11.7. The Hall–Kier alpha value is -0.930. The average Bonchev–Trinajstić information content (AvgIpc) is 2.32. The summed E-state index contributed by atoms with van der Waals surface area (Å²) >= 11 is 6.09. The summed E-state index contributed by atoms with van der Waals surface area (Å²) in [5, 5.41) is 4.17. The van der Waals surface area contributed by atoms with E-state index in [4.69, 9.17) is 21.1 Å². The van der Waals surface area contributed by atoms with Gasteiger partial charge in [0.15, 0.2) is 0 Å². The van der Waals surface area contributed by atoms with Crippen LogP contribution >= 0.6 is 11.6 Å². The van der Waals surface area contributed by atoms with Crippen molar-refractivity contribution in [2.24, 2.45) is 5.92 Å². The van der Waals surface area contributed by atoms with Crippen LogP contribution < -0.4 is 10.1 Å². The molecule has 1 aromatic rings. The molecule has 0 amide bonds. The summed E-state index contributed by atoms with van der Waals surface area (Å²) in [6.45, 7) is 6.95. The van der Waals surface area contributed by atoms with E-state index >= 15 is 0 Å². The molecule has 0 radical (unpaired) electrons. The molecule has 1 unspecified atom stereocenters. The number of ether oxygens (including phenoxy) is 2. The average molecular weight is 272 g/mol. The van der Waals surface area contributed by atoms with Crippen LogP contribution in [0.2, 0.25) is 5.02 Å². The van der Waals surface area contributed by atoms with Gasteiger partial charge in [0.2, 0.25) is 0 Å². The molecule has 0 aliphatic carbocycles. The lowest BCUT2D eigenvalue weighted by atomic mass is 10.0. The van der Waals surface area contributed by atoms with Gasteiger partial charge in [0.25, 0.3) is 0 Å². The first-order valence-corrected chi connectivity index (χ1v) is 6.47. The summed E-state index contributed by atoms with van der Waals surface area (Å²) in [6, 6.07) is 4.08. The van der Waals surface area contributed by atoms with Crippen LogP contribution in [0.4, 0.5) is 5.69 Å². The summed E-state index contributed by atoms with van der Waals surface area (Å²) < 4.78 is 10.6. The molecule has 0 aliphatic rings. The highest BCUT2D eigenvalue weighted by Crippen LogP contribution is 2.31. The second kappa shape index (κ2) is 6.86. The van der Waals surface area contributed by atoms with Gasteiger partial charge >= 0.3 is 0 Å². The van der Waals surface area contributed by atoms with Crippen LogP contribution in [-0.2, 0) is 4.74 Å². The summed E-state index contributed by atoms with van der Waals surface area (Å²) in [7, 11) is 3.36. The van der Waals surface area contributed by atoms with Crippen molar-refractivity contribution in [2.75, 3.05) is 26.1 Å². The fraction of sp³-hybridized carbons (Fsp3) is 0.571. The standard InChI is InChI=1S/C14H22ClNO2/c1-9(2)13(8-17-4)16-12-6-10(3)11(15)7-14(12)18-5/h6-7,9,13,16H,8H2,1-5H3. The molecule has 0 bridgehead atoms. The van der Waals surface area contributed by atoms with Crippen LogP contribution in [0.3, 0.4) is 0 Å². The lowest BCUT2D eigenvalue weighted by Gasteiger charge is -2.24. The van der Waals surface area contributed by atoms with Crippen LogP contribution in [0, 0.1) is 12.8 Å². The monoisotopic (exact) mass is 271 g/mol. The van der Waals surface area contributed by atoms with Gasteiger partial charge in [-0.2, -0.15) is 0 Å². The van der Waals surface area contributed by atoms with Crippen molar-refractivity contribution in [1.82, 2.24) is 0 Å². The predicted octanol–water partition coefficient (Wildman–Crippen LogP) is 3.74. The molecule has 0 aliphatic heterocycles. The molecule has 0 heterocycles. The minimum absolute atomic E-state index is 0.240. The second-order valence-electron chi connectivity index (χ2n) is 4.75. The summed E-state index contributed by atoms with van der Waals surface area (Å²) in [5.41, 5.74) is 1.98. The van der Waals surface area contributed by atoms with E-state index in [1.54, 1.807) is 14.2 Å². The number of aryl methyl sites for hydroxylation is 1. The Balaban J connectivity index is 2.97. The molecule has 1 N–H and O–H groups in total. The van der Waals surface area contributed by atoms with Crippen LogP contribution in [0.1, 0.15) is 19.4 Å². The zero-order chi connectivity index (χ0) is 13.7. The van der Waals surface area contributed by atoms with Crippen molar-refractivity contribution in [1.29, 1.82) is 0 Å². The topological polar surface area (TPSA) is 30.5 Å². The van der Waals surface area contributed by atoms with Crippen molar-refractivity contribution >= 4 is 17.3 Å². The highest BCUT2D eigenvalue weighted by Gasteiger charge is 2.16. The summed E-state index contributed by atoms with van der Waals surface area (Å²) in [6.07, 6.45) is 0. The largest absolute Gasteiger partial charge is 0.495 e. The van der Waals surface area contributed by atoms with E-state index in [-0.39, 0.29) is 6.04 Å². The van der Waals surface area contributed by atoms with Gasteiger partial charge in [-0.3, -0.25) is 0 Å². The summed E-state index contributed by atoms with van der Waals surface area (Å²) in [4.78, 5) is 0. The van der Waals surface area contributed by atoms with E-state index in [0.717, 1.165) is 17.0 Å². The van der Waals surface area contributed by atoms with Gasteiger partial charge in [0.1, 0.15) is 5.75 Å². The molecule has 0 aromatic heterocycles. The van der Waals surface area contributed by atoms with Crippen molar-refractivity contribution < 1.29 is 9.47 Å². The van der Waals surface area contributed by atoms with Gasteiger partial charge in [-0.25, -0.2) is 0 Å². The Bertz CT molecular complexity index is 394. The highest BCUT2D eigenvalue weighted by molar-refractivity contribution is 6.31. The Morgan fingerprint density at radius 1 is 1.28 bits per heavy atom. The highest BCUT2D eigenvalue weighted by atomic mass is 35.5. The number of anilines is 1. The predicted molar refractivity (Wildman–Crippen MR) is 76.9 cm³/mol. The van der Waals surface area contributed by atoms with E-state index in [1.807, 2.05) is 19.1 Å². The molecule has 1 atom stereocenters. The maximum atomic E-state index is 6.09. The molecule has 18 heavy (non-hydrogen) atoms. The molecule has 0 spiro atoms. The molecular weight excluding hydrogens is 250 g/mol. The fourth-order valence-corrected chi connectivity index (χ4v) is 1.88. The van der Waals surface area contributed by atoms with Gasteiger partial charge < -0.3 is 14.8 Å². The molecule has 1 rings (SSSR count). The first-order chi connectivity index (χ1) is 8.49. The van der Waals surface area contributed by atoms with Crippen molar-refractivity contribution in [3.05, 3.63) is 22.7 Å². The molecular formula is C14H22ClNO2. The third-order valence-corrected chi connectivity index (χ3v) is 3.38. The summed E-state index contributed by atoms with van der Waals surface area (Å²) in [5.74, 6) is 1.22. The molecule has 4 heteroatoms. The van der Waals surface area contributed by atoms with Crippen LogP contribution in [0.15, 0.2) is 12.1 Å². The van der Waals surface area contributed by atoms with Gasteiger partial charge in [-0.1, -0.05) is 25.4 Å². The van der Waals surface area contributed by atoms with Gasteiger partial charge in [0, 0.05) is 18.2 Å². The molecule has 0 fully saturated rings. The van der Waals surface area contributed by atoms with E-state index in [1.165, 1.54) is 0 Å². The fourth-order valence-electron chi connectivity index (χ4n) is 1.73. The number of rotatable bonds is 6. The third-order valence-electron chi connectivity index (χ3n) is 2.97. The second-order valence-corrected chi connectivity index (χ2v) is 5.16. The Morgan fingerprint density at radius 3 is 2.44 bits per heavy atom. The van der Waals surface area contributed by atoms with E-state index in [0.29, 0.717) is 17.5 Å². The SMILES string of the molecule is COCC(Nc1cc(C)c(Cl)cc1OC)C(C)C. The Labute approximate surface area is 114 Å². The van der Waals surface area contributed by atoms with E-state index in [9.17, 15) is 0 Å². The van der Waals surface area contributed by atoms with Gasteiger partial charge in [0.05, 0.1) is 25.4 Å². The molecule has 102 valence electrons. The van der Waals surface area contributed by atoms with Gasteiger partial charge in [-0.15, -0.1) is 0 Å². The maximum absolute atomic E-state index is 6.09. The number of hydrogen-bond acceptors (Lipinski definition) is 3. The zero-order valence-corrected chi connectivity index (χ0v) is 12.5. The molecule has 0 saturated carbocycles. The van der Waals surface area contributed by atoms with Gasteiger partial charge in [-0.05, 0) is 24.5 Å². The first kappa shape index (κ1) is 15.1. The first-order valence-electron chi connectivity index (χ1n) is 6.09. The lowest BCUT2D eigenvalue weighted by Crippen LogP contribution is -2.30. The number of nitrogens with one attached hydrogen (secondary N) is 1. The van der Waals surface area contributed by atoms with E-state index < -0.39 is 0 Å². The quantitative estimate of drug-likeness (QED) is 0.855. The minimum Gasteiger partial charge on any atom is -0.495 e. The normalized spacial score (nSPS) is 12.6. The molecule has 1 aromatic carbocycles. The number of benzene rings is 1. The third kappa shape index (κ3) is 3.79. The smallest absolute Gasteiger partial charge is 0.143 e. The van der Waals surface area contributed by atoms with E-state index in [2.05, 4.69) is 19.2 Å². The minimum atomic E-state index is 0.240. The van der Waals surface area contributed by atoms with Crippen LogP contribution in [0.25, 0.3) is 0 Å². The maximum Gasteiger partial charge on any atom is 0.143 e.